The summed E-state index contributed by atoms with van der Waals surface area (Å²) in [4.78, 5) is 15.2. The Bertz CT molecular complexity index is 2200. The van der Waals surface area contributed by atoms with Crippen LogP contribution < -0.4 is 0 Å². The van der Waals surface area contributed by atoms with Crippen LogP contribution in [-0.4, -0.2) is 34.4 Å². The molecule has 0 saturated heterocycles. The number of allylic oxidation sites excluding steroid dienone is 2. The number of carbonyl (C=O) groups excluding carboxylic acids is 1. The molecule has 2 aromatic heterocycles. The number of thiophene rings is 1. The molecule has 5 rings (SSSR count). The molecule has 0 spiro atoms. The minimum absolute atomic E-state index is 0. The van der Waals surface area contributed by atoms with Gasteiger partial charge in [-0.2, -0.15) is 39.5 Å². The van der Waals surface area contributed by atoms with Gasteiger partial charge in [-0.15, -0.1) is 40.5 Å². The Labute approximate surface area is 331 Å². The molecule has 1 N–H and O–H groups in total. The molecule has 299 valence electrons. The predicted octanol–water partition coefficient (Wildman–Crippen LogP) is 13.5. The SMILES string of the molecule is CC(C)/C(O)=C/C(=O)C(F)(F)F.Cc1cc(C)c(-c2sc3c(-c4[c-]c5ccccc5c(C(C)(C)C)c4)ncc(C(C(F)(F)F)C(F)(F)F)c3c2C)c(C)c1.[Ir]. The summed E-state index contributed by atoms with van der Waals surface area (Å²) in [7, 11) is 0. The number of pyridine rings is 1. The van der Waals surface area contributed by atoms with E-state index in [-0.39, 0.29) is 41.7 Å². The third kappa shape index (κ3) is 9.99. The van der Waals surface area contributed by atoms with E-state index < -0.39 is 47.5 Å². The van der Waals surface area contributed by atoms with Crippen LogP contribution in [0.2, 0.25) is 0 Å². The molecule has 0 fully saturated rings. The number of alkyl halides is 9. The van der Waals surface area contributed by atoms with E-state index in [0.717, 1.165) is 44.8 Å². The summed E-state index contributed by atoms with van der Waals surface area (Å²) in [6.07, 6.45) is -15.0. The number of hydrogen-bond acceptors (Lipinski definition) is 4. The van der Waals surface area contributed by atoms with Crippen molar-refractivity contribution >= 4 is 38.0 Å². The molecule has 0 aliphatic rings. The normalized spacial score (nSPS) is 13.0. The van der Waals surface area contributed by atoms with Crippen molar-refractivity contribution in [1.29, 1.82) is 0 Å². The smallest absolute Gasteiger partial charge is 0.454 e. The van der Waals surface area contributed by atoms with E-state index >= 15 is 0 Å². The summed E-state index contributed by atoms with van der Waals surface area (Å²) < 4.78 is 120. The summed E-state index contributed by atoms with van der Waals surface area (Å²) in [5.41, 5.74) is 4.63. The van der Waals surface area contributed by atoms with E-state index in [1.54, 1.807) is 6.92 Å². The molecule has 5 aromatic rings. The monoisotopic (exact) mass is 973 g/mol. The number of aryl methyl sites for hydroxylation is 4. The van der Waals surface area contributed by atoms with Crippen LogP contribution in [0.1, 0.15) is 73.9 Å². The number of halogens is 9. The Hall–Kier alpha value is -3.74. The van der Waals surface area contributed by atoms with Gasteiger partial charge in [0.15, 0.2) is 5.92 Å². The molecule has 0 aliphatic heterocycles. The topological polar surface area (TPSA) is 50.2 Å². The van der Waals surface area contributed by atoms with Crippen LogP contribution in [-0.2, 0) is 30.3 Å². The number of aliphatic hydroxyl groups excluding tert-OH is 1. The van der Waals surface area contributed by atoms with Crippen molar-refractivity contribution in [2.24, 2.45) is 5.92 Å². The third-order valence-corrected chi connectivity index (χ3v) is 10.2. The van der Waals surface area contributed by atoms with Gasteiger partial charge in [0.05, 0.1) is 5.76 Å². The quantitative estimate of drug-likeness (QED) is 0.0826. The van der Waals surface area contributed by atoms with Crippen molar-refractivity contribution in [3.8, 4) is 21.7 Å². The Balaban J connectivity index is 0.000000541. The number of nitrogens with zero attached hydrogens (tertiary/aromatic N) is 1. The Morgan fingerprint density at radius 2 is 1.42 bits per heavy atom. The van der Waals surface area contributed by atoms with Crippen molar-refractivity contribution in [2.45, 2.75) is 92.2 Å². The molecule has 0 saturated carbocycles. The van der Waals surface area contributed by atoms with Crippen molar-refractivity contribution < 1.29 is 69.5 Å². The average molecular weight is 973 g/mol. The van der Waals surface area contributed by atoms with Crippen molar-refractivity contribution in [3.05, 3.63) is 99.9 Å². The van der Waals surface area contributed by atoms with Gasteiger partial charge in [-0.3, -0.25) is 9.78 Å². The molecule has 1 radical (unpaired) electrons. The second kappa shape index (κ2) is 16.4. The number of ketones is 1. The average Bonchev–Trinajstić information content (AvgIpc) is 3.34. The number of carbonyl (C=O) groups is 1. The molecule has 0 unspecified atom stereocenters. The fourth-order valence-electron chi connectivity index (χ4n) is 6.37. The van der Waals surface area contributed by atoms with Crippen LogP contribution in [0.25, 0.3) is 42.6 Å². The first kappa shape index (κ1) is 45.6. The van der Waals surface area contributed by atoms with Crippen molar-refractivity contribution in [3.63, 3.8) is 0 Å². The van der Waals surface area contributed by atoms with Gasteiger partial charge in [0.25, 0.3) is 5.78 Å². The Morgan fingerprint density at radius 3 is 1.91 bits per heavy atom. The number of benzene rings is 3. The van der Waals surface area contributed by atoms with Gasteiger partial charge < -0.3 is 5.11 Å². The molecule has 55 heavy (non-hydrogen) atoms. The van der Waals surface area contributed by atoms with Crippen LogP contribution in [0.3, 0.4) is 0 Å². The standard InChI is InChI=1S/C34H30F6NS.C7H9F3O2.Ir/c1-17-12-18(2)26(19(3)13-17)29-20(4)27-24(31(33(35,36)37)34(38,39)40)16-41-28(30(27)42-29)22-14-21-10-8-9-11-23(21)25(15-22)32(5,6)7;1-4(2)5(11)3-6(12)7(8,9)10;/h8-13,15-16,31H,1-7H3;3-4,11H,1-2H3;/q-1;;/b;5-3-;. The molecule has 0 aliphatic carbocycles. The largest absolute Gasteiger partial charge is 0.512 e. The van der Waals surface area contributed by atoms with Gasteiger partial charge in [-0.05, 0) is 66.3 Å². The summed E-state index contributed by atoms with van der Waals surface area (Å²) in [6, 6.07) is 16.9. The van der Waals surface area contributed by atoms with Gasteiger partial charge in [-0.1, -0.05) is 81.5 Å². The minimum atomic E-state index is -5.55. The molecule has 14 heteroatoms. The fraction of sp³-hybridized carbons (Fsp3) is 0.366. The summed E-state index contributed by atoms with van der Waals surface area (Å²) in [5, 5.41) is 10.5. The third-order valence-electron chi connectivity index (χ3n) is 8.84. The van der Waals surface area contributed by atoms with Crippen molar-refractivity contribution in [2.75, 3.05) is 0 Å². The van der Waals surface area contributed by atoms with E-state index in [2.05, 4.69) is 31.8 Å². The molecular formula is C41H39F9IrNO2S-. The van der Waals surface area contributed by atoms with Gasteiger partial charge >= 0.3 is 18.5 Å². The molecule has 3 aromatic carbocycles. The summed E-state index contributed by atoms with van der Waals surface area (Å²) in [6.45, 7) is 16.5. The molecule has 3 nitrogen and oxygen atoms in total. The first-order chi connectivity index (χ1) is 24.6. The number of aliphatic hydroxyl groups is 1. The van der Waals surface area contributed by atoms with E-state index in [9.17, 15) is 44.3 Å². The van der Waals surface area contributed by atoms with Crippen LogP contribution >= 0.6 is 11.3 Å². The van der Waals surface area contributed by atoms with Crippen LogP contribution in [0.4, 0.5) is 39.5 Å². The second-order valence-corrected chi connectivity index (χ2v) is 15.6. The number of fused-ring (bicyclic) bond motifs is 2. The van der Waals surface area contributed by atoms with E-state index in [4.69, 9.17) is 5.11 Å². The maximum atomic E-state index is 14.1. The molecule has 2 heterocycles. The maximum absolute atomic E-state index is 14.1. The van der Waals surface area contributed by atoms with Crippen LogP contribution in [0, 0.1) is 39.7 Å². The van der Waals surface area contributed by atoms with Crippen LogP contribution in [0.15, 0.2) is 60.5 Å². The van der Waals surface area contributed by atoms with Gasteiger partial charge in [0.2, 0.25) is 0 Å². The number of aromatic nitrogens is 1. The van der Waals surface area contributed by atoms with Gasteiger partial charge in [-0.25, -0.2) is 0 Å². The predicted molar refractivity (Wildman–Crippen MR) is 196 cm³/mol. The van der Waals surface area contributed by atoms with Crippen molar-refractivity contribution in [1.82, 2.24) is 4.98 Å². The zero-order valence-electron chi connectivity index (χ0n) is 31.3. The molecular weight excluding hydrogens is 934 g/mol. The Kier molecular flexibility index (Phi) is 13.6. The Morgan fingerprint density at radius 1 is 0.873 bits per heavy atom. The summed E-state index contributed by atoms with van der Waals surface area (Å²) >= 11 is 1.19. The second-order valence-electron chi connectivity index (χ2n) is 14.6. The molecule has 0 bridgehead atoms. The van der Waals surface area contributed by atoms with Gasteiger partial charge in [0, 0.05) is 53.6 Å². The first-order valence-electron chi connectivity index (χ1n) is 16.8. The van der Waals surface area contributed by atoms with E-state index in [0.29, 0.717) is 21.7 Å². The molecule has 0 amide bonds. The first-order valence-corrected chi connectivity index (χ1v) is 17.6. The number of rotatable bonds is 5. The zero-order chi connectivity index (χ0) is 40.9. The van der Waals surface area contributed by atoms with Crippen LogP contribution in [0.5, 0.6) is 0 Å². The maximum Gasteiger partial charge on any atom is 0.454 e. The minimum Gasteiger partial charge on any atom is -0.512 e. The summed E-state index contributed by atoms with van der Waals surface area (Å²) in [5.74, 6) is -6.73. The zero-order valence-corrected chi connectivity index (χ0v) is 34.5. The molecule has 0 atom stereocenters. The van der Waals surface area contributed by atoms with Gasteiger partial charge in [0.1, 0.15) is 0 Å². The number of hydrogen-bond donors (Lipinski definition) is 1. The van der Waals surface area contributed by atoms with E-state index in [1.807, 2.05) is 63.2 Å². The fourth-order valence-corrected chi connectivity index (χ4v) is 7.89. The van der Waals surface area contributed by atoms with E-state index in [1.165, 1.54) is 25.2 Å².